The highest BCUT2D eigenvalue weighted by molar-refractivity contribution is 4.48. The highest BCUT2D eigenvalue weighted by Gasteiger charge is 1.91. The lowest BCUT2D eigenvalue weighted by atomic mass is 10.2. The first-order valence-corrected chi connectivity index (χ1v) is 3.89. The summed E-state index contributed by atoms with van der Waals surface area (Å²) >= 11 is 0. The van der Waals surface area contributed by atoms with Crippen LogP contribution in [0, 0.1) is 0 Å². The molecule has 62 valence electrons. The summed E-state index contributed by atoms with van der Waals surface area (Å²) in [6, 6.07) is 0. The first kappa shape index (κ1) is 9.88. The van der Waals surface area contributed by atoms with E-state index in [1.54, 1.807) is 6.92 Å². The molecule has 0 saturated carbocycles. The van der Waals surface area contributed by atoms with Gasteiger partial charge in [0.05, 0.1) is 0 Å². The maximum absolute atomic E-state index is 8.77. The fraction of sp³-hybridized carbons (Fsp3) is 1.00. The van der Waals surface area contributed by atoms with Crippen molar-refractivity contribution in [3.05, 3.63) is 0 Å². The molecular weight excluding hydrogens is 128 g/mol. The van der Waals surface area contributed by atoms with Crippen molar-refractivity contribution in [1.82, 2.24) is 5.32 Å². The molecule has 0 spiro atoms. The van der Waals surface area contributed by atoms with Crippen molar-refractivity contribution in [3.63, 3.8) is 0 Å². The van der Waals surface area contributed by atoms with Crippen molar-refractivity contribution < 1.29 is 5.11 Å². The molecule has 1 atom stereocenters. The second kappa shape index (κ2) is 6.99. The van der Waals surface area contributed by atoms with E-state index in [2.05, 4.69) is 5.32 Å². The number of nitrogens with one attached hydrogen (secondary N) is 1. The zero-order chi connectivity index (χ0) is 7.82. The fourth-order valence-corrected chi connectivity index (χ4v) is 0.757. The normalized spacial score (nSPS) is 13.5. The molecular formula is C7H18N2O. The Morgan fingerprint density at radius 1 is 1.40 bits per heavy atom. The van der Waals surface area contributed by atoms with Gasteiger partial charge in [-0.2, -0.15) is 0 Å². The molecule has 0 heterocycles. The number of hydrogen-bond acceptors (Lipinski definition) is 3. The van der Waals surface area contributed by atoms with Gasteiger partial charge in [0.1, 0.15) is 6.23 Å². The summed E-state index contributed by atoms with van der Waals surface area (Å²) < 4.78 is 0. The van der Waals surface area contributed by atoms with Crippen LogP contribution in [0.5, 0.6) is 0 Å². The van der Waals surface area contributed by atoms with Crippen molar-refractivity contribution in [3.8, 4) is 0 Å². The zero-order valence-electron chi connectivity index (χ0n) is 6.64. The average Bonchev–Trinajstić information content (AvgIpc) is 1.87. The molecule has 0 rings (SSSR count). The second-order valence-corrected chi connectivity index (χ2v) is 2.48. The lowest BCUT2D eigenvalue weighted by Crippen LogP contribution is -2.26. The summed E-state index contributed by atoms with van der Waals surface area (Å²) in [5, 5.41) is 11.7. The predicted molar refractivity (Wildman–Crippen MR) is 42.6 cm³/mol. The molecule has 0 saturated heterocycles. The van der Waals surface area contributed by atoms with E-state index in [-0.39, 0.29) is 6.23 Å². The summed E-state index contributed by atoms with van der Waals surface area (Å²) in [6.45, 7) is 3.38. The van der Waals surface area contributed by atoms with Gasteiger partial charge in [0, 0.05) is 0 Å². The maximum atomic E-state index is 8.77. The van der Waals surface area contributed by atoms with Crippen LogP contribution in [-0.4, -0.2) is 24.4 Å². The largest absolute Gasteiger partial charge is 0.379 e. The third-order valence-corrected chi connectivity index (χ3v) is 1.32. The van der Waals surface area contributed by atoms with Crippen LogP contribution < -0.4 is 11.1 Å². The summed E-state index contributed by atoms with van der Waals surface area (Å²) in [7, 11) is 0. The lowest BCUT2D eigenvalue weighted by Gasteiger charge is -2.05. The van der Waals surface area contributed by atoms with Crippen LogP contribution in [0.15, 0.2) is 0 Å². The van der Waals surface area contributed by atoms with Gasteiger partial charge >= 0.3 is 0 Å². The van der Waals surface area contributed by atoms with Crippen LogP contribution in [0.3, 0.4) is 0 Å². The molecule has 0 bridgehead atoms. The molecule has 0 fully saturated rings. The van der Waals surface area contributed by atoms with E-state index in [1.807, 2.05) is 0 Å². The SMILES string of the molecule is CC(O)NCCCCCN. The van der Waals surface area contributed by atoms with Gasteiger partial charge in [0.2, 0.25) is 0 Å². The van der Waals surface area contributed by atoms with Gasteiger partial charge < -0.3 is 10.8 Å². The Morgan fingerprint density at radius 3 is 2.60 bits per heavy atom. The summed E-state index contributed by atoms with van der Waals surface area (Å²) in [5.74, 6) is 0. The maximum Gasteiger partial charge on any atom is 0.102 e. The Kier molecular flexibility index (Phi) is 6.91. The van der Waals surface area contributed by atoms with Crippen molar-refractivity contribution in [2.75, 3.05) is 13.1 Å². The predicted octanol–water partition coefficient (Wildman–Crippen LogP) is 0.0433. The van der Waals surface area contributed by atoms with E-state index < -0.39 is 0 Å². The molecule has 1 unspecified atom stereocenters. The third kappa shape index (κ3) is 7.88. The molecule has 0 radical (unpaired) electrons. The van der Waals surface area contributed by atoms with E-state index >= 15 is 0 Å². The minimum absolute atomic E-state index is 0.377. The van der Waals surface area contributed by atoms with E-state index in [0.29, 0.717) is 0 Å². The Labute approximate surface area is 62.6 Å². The van der Waals surface area contributed by atoms with Gasteiger partial charge in [0.15, 0.2) is 0 Å². The average molecular weight is 146 g/mol. The number of hydrogen-bond donors (Lipinski definition) is 3. The van der Waals surface area contributed by atoms with Crippen molar-refractivity contribution in [1.29, 1.82) is 0 Å². The molecule has 0 aromatic rings. The molecule has 3 nitrogen and oxygen atoms in total. The smallest absolute Gasteiger partial charge is 0.102 e. The van der Waals surface area contributed by atoms with Crippen LogP contribution in [0.2, 0.25) is 0 Å². The van der Waals surface area contributed by atoms with Crippen LogP contribution in [0.4, 0.5) is 0 Å². The van der Waals surface area contributed by atoms with E-state index in [4.69, 9.17) is 10.8 Å². The second-order valence-electron chi connectivity index (χ2n) is 2.48. The number of nitrogens with two attached hydrogens (primary N) is 1. The van der Waals surface area contributed by atoms with Crippen LogP contribution in [-0.2, 0) is 0 Å². The molecule has 0 aliphatic rings. The first-order chi connectivity index (χ1) is 4.77. The van der Waals surface area contributed by atoms with E-state index in [9.17, 15) is 0 Å². The molecule has 0 aliphatic carbocycles. The van der Waals surface area contributed by atoms with E-state index in [0.717, 1.165) is 32.4 Å². The highest BCUT2D eigenvalue weighted by Crippen LogP contribution is 1.90. The van der Waals surface area contributed by atoms with Crippen molar-refractivity contribution >= 4 is 0 Å². The Morgan fingerprint density at radius 2 is 2.10 bits per heavy atom. The quantitative estimate of drug-likeness (QED) is 0.366. The summed E-state index contributed by atoms with van der Waals surface area (Å²) in [6.07, 6.45) is 2.96. The summed E-state index contributed by atoms with van der Waals surface area (Å²) in [4.78, 5) is 0. The first-order valence-electron chi connectivity index (χ1n) is 3.89. The monoisotopic (exact) mass is 146 g/mol. The Hall–Kier alpha value is -0.120. The standard InChI is InChI=1S/C7H18N2O/c1-7(10)9-6-4-2-3-5-8/h7,9-10H,2-6,8H2,1H3. The van der Waals surface area contributed by atoms with Gasteiger partial charge in [-0.25, -0.2) is 0 Å². The number of aliphatic hydroxyl groups is 1. The topological polar surface area (TPSA) is 58.3 Å². The molecule has 0 aliphatic heterocycles. The fourth-order valence-electron chi connectivity index (χ4n) is 0.757. The zero-order valence-corrected chi connectivity index (χ0v) is 6.64. The molecule has 0 amide bonds. The molecule has 0 aromatic carbocycles. The van der Waals surface area contributed by atoms with Gasteiger partial charge in [-0.15, -0.1) is 0 Å². The molecule has 4 N–H and O–H groups in total. The van der Waals surface area contributed by atoms with Gasteiger partial charge in [-0.1, -0.05) is 6.42 Å². The van der Waals surface area contributed by atoms with Crippen LogP contribution in [0.1, 0.15) is 26.2 Å². The molecule has 10 heavy (non-hydrogen) atoms. The highest BCUT2D eigenvalue weighted by atomic mass is 16.3. The lowest BCUT2D eigenvalue weighted by molar-refractivity contribution is 0.156. The van der Waals surface area contributed by atoms with E-state index in [1.165, 1.54) is 0 Å². The van der Waals surface area contributed by atoms with Crippen LogP contribution >= 0.6 is 0 Å². The van der Waals surface area contributed by atoms with Crippen LogP contribution in [0.25, 0.3) is 0 Å². The van der Waals surface area contributed by atoms with Gasteiger partial charge in [0.25, 0.3) is 0 Å². The number of rotatable bonds is 6. The van der Waals surface area contributed by atoms with Gasteiger partial charge in [-0.3, -0.25) is 5.32 Å². The molecule has 0 aromatic heterocycles. The minimum Gasteiger partial charge on any atom is -0.379 e. The number of aliphatic hydroxyl groups excluding tert-OH is 1. The van der Waals surface area contributed by atoms with Gasteiger partial charge in [-0.05, 0) is 32.9 Å². The Balaban J connectivity index is 2.77. The number of unbranched alkanes of at least 4 members (excludes halogenated alkanes) is 2. The van der Waals surface area contributed by atoms with Crippen molar-refractivity contribution in [2.45, 2.75) is 32.4 Å². The Bertz CT molecular complexity index is 66.6. The minimum atomic E-state index is -0.377. The summed E-state index contributed by atoms with van der Waals surface area (Å²) in [5.41, 5.74) is 5.30. The third-order valence-electron chi connectivity index (χ3n) is 1.32. The van der Waals surface area contributed by atoms with Crippen molar-refractivity contribution in [2.24, 2.45) is 5.73 Å². The molecule has 3 heteroatoms.